The second-order valence-corrected chi connectivity index (χ2v) is 5.78. The molecule has 6 heteroatoms. The molecule has 1 aromatic rings. The Hall–Kier alpha value is -1.75. The lowest BCUT2D eigenvalue weighted by molar-refractivity contribution is -0.114. The second kappa shape index (κ2) is 9.30. The van der Waals surface area contributed by atoms with Crippen molar-refractivity contribution < 1.29 is 9.59 Å². The Balaban J connectivity index is 2.50. The molecule has 0 saturated heterocycles. The van der Waals surface area contributed by atoms with Gasteiger partial charge in [-0.15, -0.1) is 0 Å². The lowest BCUT2D eigenvalue weighted by atomic mass is 10.1. The number of anilines is 2. The minimum atomic E-state index is -0.257. The van der Waals surface area contributed by atoms with Gasteiger partial charge in [0.25, 0.3) is 0 Å². The molecule has 0 aliphatic rings. The number of carbonyl (C=O) groups is 2. The van der Waals surface area contributed by atoms with Gasteiger partial charge in [-0.1, -0.05) is 37.8 Å². The van der Waals surface area contributed by atoms with Crippen molar-refractivity contribution in [1.82, 2.24) is 5.32 Å². The Morgan fingerprint density at radius 2 is 1.95 bits per heavy atom. The predicted octanol–water partition coefficient (Wildman–Crippen LogP) is 4.39. The minimum absolute atomic E-state index is 0.126. The third-order valence-corrected chi connectivity index (χ3v) is 3.47. The van der Waals surface area contributed by atoms with Gasteiger partial charge in [-0.2, -0.15) is 0 Å². The standard InChI is InChI=1S/C16H24ClN3O2/c1-4-5-6-7-11(2)18-16(22)20-13-8-9-15(14(17)10-13)19-12(3)21/h8-11H,4-7H2,1-3H3,(H,19,21)(H2,18,20,22)/t11-/m1/s1. The summed E-state index contributed by atoms with van der Waals surface area (Å²) in [4.78, 5) is 22.9. The number of amides is 3. The molecule has 0 unspecified atom stereocenters. The first-order valence-corrected chi connectivity index (χ1v) is 7.94. The van der Waals surface area contributed by atoms with Gasteiger partial charge in [-0.25, -0.2) is 4.79 Å². The van der Waals surface area contributed by atoms with Crippen molar-refractivity contribution in [3.63, 3.8) is 0 Å². The largest absolute Gasteiger partial charge is 0.335 e. The molecular weight excluding hydrogens is 302 g/mol. The van der Waals surface area contributed by atoms with Gasteiger partial charge >= 0.3 is 6.03 Å². The normalized spacial score (nSPS) is 11.6. The van der Waals surface area contributed by atoms with E-state index in [1.807, 2.05) is 6.92 Å². The van der Waals surface area contributed by atoms with Gasteiger partial charge in [0.15, 0.2) is 0 Å². The van der Waals surface area contributed by atoms with Crippen molar-refractivity contribution >= 4 is 34.9 Å². The summed E-state index contributed by atoms with van der Waals surface area (Å²) in [6, 6.07) is 4.82. The number of rotatable bonds is 7. The fourth-order valence-electron chi connectivity index (χ4n) is 2.05. The molecule has 0 radical (unpaired) electrons. The van der Waals surface area contributed by atoms with E-state index in [2.05, 4.69) is 22.9 Å². The highest BCUT2D eigenvalue weighted by molar-refractivity contribution is 6.34. The molecule has 122 valence electrons. The van der Waals surface area contributed by atoms with Crippen molar-refractivity contribution in [2.24, 2.45) is 0 Å². The van der Waals surface area contributed by atoms with Crippen LogP contribution in [0, 0.1) is 0 Å². The van der Waals surface area contributed by atoms with Gasteiger partial charge in [0.2, 0.25) is 5.91 Å². The van der Waals surface area contributed by atoms with Crippen LogP contribution in [0.3, 0.4) is 0 Å². The number of urea groups is 1. The highest BCUT2D eigenvalue weighted by Gasteiger charge is 2.09. The molecular formula is C16H24ClN3O2. The lowest BCUT2D eigenvalue weighted by Gasteiger charge is -2.15. The Labute approximate surface area is 136 Å². The SMILES string of the molecule is CCCCC[C@@H](C)NC(=O)Nc1ccc(NC(C)=O)c(Cl)c1. The Morgan fingerprint density at radius 1 is 1.23 bits per heavy atom. The van der Waals surface area contributed by atoms with E-state index in [4.69, 9.17) is 11.6 Å². The van der Waals surface area contributed by atoms with Gasteiger partial charge in [-0.05, 0) is 31.5 Å². The van der Waals surface area contributed by atoms with Crippen LogP contribution in [0.15, 0.2) is 18.2 Å². The number of nitrogens with one attached hydrogen (secondary N) is 3. The van der Waals surface area contributed by atoms with Crippen LogP contribution in [0.4, 0.5) is 16.2 Å². The first-order valence-electron chi connectivity index (χ1n) is 7.57. The van der Waals surface area contributed by atoms with Gasteiger partial charge in [0.05, 0.1) is 10.7 Å². The molecule has 0 aliphatic heterocycles. The van der Waals surface area contributed by atoms with E-state index in [0.717, 1.165) is 19.3 Å². The Kier molecular flexibility index (Phi) is 7.74. The van der Waals surface area contributed by atoms with Crippen LogP contribution < -0.4 is 16.0 Å². The van der Waals surface area contributed by atoms with Gasteiger partial charge in [0.1, 0.15) is 0 Å². The molecule has 0 bridgehead atoms. The summed E-state index contributed by atoms with van der Waals surface area (Å²) >= 11 is 6.06. The maximum atomic E-state index is 11.9. The molecule has 5 nitrogen and oxygen atoms in total. The third-order valence-electron chi connectivity index (χ3n) is 3.16. The zero-order valence-electron chi connectivity index (χ0n) is 13.3. The summed E-state index contributed by atoms with van der Waals surface area (Å²) in [5.74, 6) is -0.193. The van der Waals surface area contributed by atoms with Crippen molar-refractivity contribution in [2.75, 3.05) is 10.6 Å². The minimum Gasteiger partial charge on any atom is -0.335 e. The van der Waals surface area contributed by atoms with Gasteiger partial charge < -0.3 is 16.0 Å². The molecule has 1 aromatic carbocycles. The monoisotopic (exact) mass is 325 g/mol. The maximum absolute atomic E-state index is 11.9. The quantitative estimate of drug-likeness (QED) is 0.651. The molecule has 0 aliphatic carbocycles. The molecule has 1 atom stereocenters. The van der Waals surface area contributed by atoms with E-state index in [-0.39, 0.29) is 18.0 Å². The van der Waals surface area contributed by atoms with Crippen LogP contribution in [0.1, 0.15) is 46.5 Å². The molecule has 3 amide bonds. The number of benzene rings is 1. The Morgan fingerprint density at radius 3 is 2.55 bits per heavy atom. The topological polar surface area (TPSA) is 70.2 Å². The molecule has 3 N–H and O–H groups in total. The molecule has 0 aromatic heterocycles. The third kappa shape index (κ3) is 6.80. The first kappa shape index (κ1) is 18.3. The molecule has 0 spiro atoms. The number of hydrogen-bond donors (Lipinski definition) is 3. The zero-order chi connectivity index (χ0) is 16.5. The summed E-state index contributed by atoms with van der Waals surface area (Å²) in [5, 5.41) is 8.62. The van der Waals surface area contributed by atoms with Crippen molar-refractivity contribution in [3.8, 4) is 0 Å². The van der Waals surface area contributed by atoms with E-state index in [0.29, 0.717) is 16.4 Å². The van der Waals surface area contributed by atoms with Crippen LogP contribution in [0.5, 0.6) is 0 Å². The maximum Gasteiger partial charge on any atom is 0.319 e. The number of carbonyl (C=O) groups excluding carboxylic acids is 2. The van der Waals surface area contributed by atoms with E-state index in [1.165, 1.54) is 13.3 Å². The molecule has 0 heterocycles. The van der Waals surface area contributed by atoms with E-state index < -0.39 is 0 Å². The molecule has 0 fully saturated rings. The van der Waals surface area contributed by atoms with Crippen molar-refractivity contribution in [1.29, 1.82) is 0 Å². The van der Waals surface area contributed by atoms with Crippen LogP contribution in [-0.4, -0.2) is 18.0 Å². The highest BCUT2D eigenvalue weighted by atomic mass is 35.5. The van der Waals surface area contributed by atoms with E-state index >= 15 is 0 Å². The van der Waals surface area contributed by atoms with Gasteiger partial charge in [0, 0.05) is 18.7 Å². The van der Waals surface area contributed by atoms with E-state index in [1.54, 1.807) is 18.2 Å². The zero-order valence-corrected chi connectivity index (χ0v) is 14.1. The average molecular weight is 326 g/mol. The summed E-state index contributed by atoms with van der Waals surface area (Å²) in [7, 11) is 0. The van der Waals surface area contributed by atoms with E-state index in [9.17, 15) is 9.59 Å². The first-order chi connectivity index (χ1) is 10.4. The van der Waals surface area contributed by atoms with Crippen LogP contribution in [0.2, 0.25) is 5.02 Å². The molecule has 0 saturated carbocycles. The lowest BCUT2D eigenvalue weighted by Crippen LogP contribution is -2.36. The van der Waals surface area contributed by atoms with Crippen LogP contribution >= 0.6 is 11.6 Å². The molecule has 22 heavy (non-hydrogen) atoms. The number of unbranched alkanes of at least 4 members (excludes halogenated alkanes) is 2. The summed E-state index contributed by atoms with van der Waals surface area (Å²) in [6.07, 6.45) is 4.41. The highest BCUT2D eigenvalue weighted by Crippen LogP contribution is 2.25. The summed E-state index contributed by atoms with van der Waals surface area (Å²) in [6.45, 7) is 5.55. The Bertz CT molecular complexity index is 520. The van der Waals surface area contributed by atoms with Crippen LogP contribution in [-0.2, 0) is 4.79 Å². The summed E-state index contributed by atoms with van der Waals surface area (Å²) in [5.41, 5.74) is 1.10. The van der Waals surface area contributed by atoms with Crippen LogP contribution in [0.25, 0.3) is 0 Å². The number of halogens is 1. The summed E-state index contributed by atoms with van der Waals surface area (Å²) < 4.78 is 0. The average Bonchev–Trinajstić information content (AvgIpc) is 2.41. The van der Waals surface area contributed by atoms with Gasteiger partial charge in [-0.3, -0.25) is 4.79 Å². The fraction of sp³-hybridized carbons (Fsp3) is 0.500. The number of hydrogen-bond acceptors (Lipinski definition) is 2. The predicted molar refractivity (Wildman–Crippen MR) is 91.5 cm³/mol. The second-order valence-electron chi connectivity index (χ2n) is 5.37. The fourth-order valence-corrected chi connectivity index (χ4v) is 2.28. The smallest absolute Gasteiger partial charge is 0.319 e. The molecule has 1 rings (SSSR count). The van der Waals surface area contributed by atoms with Crippen molar-refractivity contribution in [2.45, 2.75) is 52.5 Å². The van der Waals surface area contributed by atoms with Crippen molar-refractivity contribution in [3.05, 3.63) is 23.2 Å².